The van der Waals surface area contributed by atoms with Crippen molar-refractivity contribution < 1.29 is 4.92 Å². The second-order valence-corrected chi connectivity index (χ2v) is 3.76. The van der Waals surface area contributed by atoms with Crippen LogP contribution in [-0.4, -0.2) is 23.0 Å². The Labute approximate surface area is 101 Å². The van der Waals surface area contributed by atoms with Gasteiger partial charge in [0.2, 0.25) is 0 Å². The molecule has 0 fully saturated rings. The van der Waals surface area contributed by atoms with Gasteiger partial charge in [0.15, 0.2) is 0 Å². The molecule has 0 saturated carbocycles. The molecule has 0 aromatic carbocycles. The van der Waals surface area contributed by atoms with Crippen molar-refractivity contribution in [3.05, 3.63) is 22.2 Å². The minimum Gasteiger partial charge on any atom is -0.373 e. The van der Waals surface area contributed by atoms with Crippen LogP contribution in [0, 0.1) is 10.1 Å². The van der Waals surface area contributed by atoms with Crippen molar-refractivity contribution in [2.24, 2.45) is 0 Å². The minimum atomic E-state index is -0.416. The van der Waals surface area contributed by atoms with E-state index in [-0.39, 0.29) is 11.7 Å². The fourth-order valence-electron chi connectivity index (χ4n) is 1.53. The fourth-order valence-corrected chi connectivity index (χ4v) is 1.53. The summed E-state index contributed by atoms with van der Waals surface area (Å²) in [4.78, 5) is 14.6. The molecule has 0 saturated heterocycles. The van der Waals surface area contributed by atoms with Crippen molar-refractivity contribution >= 4 is 17.3 Å². The molecule has 0 amide bonds. The molecule has 0 aliphatic heterocycles. The van der Waals surface area contributed by atoms with E-state index in [2.05, 4.69) is 29.5 Å². The summed E-state index contributed by atoms with van der Waals surface area (Å²) in [5.74, 6) is 1.03. The van der Waals surface area contributed by atoms with E-state index in [1.54, 1.807) is 7.05 Å². The molecule has 1 aromatic heterocycles. The van der Waals surface area contributed by atoms with E-state index in [1.807, 2.05) is 0 Å². The standard InChI is InChI=1S/C11H18N4O2/c1-4-8(5-2)13-11-7-9(15(16)17)6-10(12-3)14-11/h6-8H,4-5H2,1-3H3,(H2,12,13,14). The molecule has 0 atom stereocenters. The minimum absolute atomic E-state index is 0.0396. The molecule has 0 aliphatic carbocycles. The molecule has 1 heterocycles. The van der Waals surface area contributed by atoms with Gasteiger partial charge < -0.3 is 10.6 Å². The first kappa shape index (κ1) is 13.2. The zero-order valence-corrected chi connectivity index (χ0v) is 10.4. The summed E-state index contributed by atoms with van der Waals surface area (Å²) in [5, 5.41) is 16.8. The number of hydrogen-bond acceptors (Lipinski definition) is 5. The van der Waals surface area contributed by atoms with Crippen LogP contribution in [0.3, 0.4) is 0 Å². The lowest BCUT2D eigenvalue weighted by atomic mass is 10.2. The molecule has 94 valence electrons. The zero-order chi connectivity index (χ0) is 12.8. The van der Waals surface area contributed by atoms with Crippen molar-refractivity contribution in [2.75, 3.05) is 17.7 Å². The normalized spacial score (nSPS) is 10.4. The first-order valence-electron chi connectivity index (χ1n) is 5.71. The number of anilines is 2. The number of nitrogens with zero attached hydrogens (tertiary/aromatic N) is 2. The molecule has 1 rings (SSSR count). The van der Waals surface area contributed by atoms with Crippen molar-refractivity contribution in [3.8, 4) is 0 Å². The number of rotatable bonds is 6. The highest BCUT2D eigenvalue weighted by Gasteiger charge is 2.12. The maximum Gasteiger partial charge on any atom is 0.276 e. The number of nitrogens with one attached hydrogen (secondary N) is 2. The molecule has 0 spiro atoms. The van der Waals surface area contributed by atoms with Crippen LogP contribution in [0.5, 0.6) is 0 Å². The Kier molecular flexibility index (Phi) is 4.68. The van der Waals surface area contributed by atoms with Crippen LogP contribution in [0.15, 0.2) is 12.1 Å². The zero-order valence-electron chi connectivity index (χ0n) is 10.4. The number of pyridine rings is 1. The van der Waals surface area contributed by atoms with Gasteiger partial charge in [-0.2, -0.15) is 0 Å². The molecule has 2 N–H and O–H groups in total. The highest BCUT2D eigenvalue weighted by molar-refractivity contribution is 5.54. The Hall–Kier alpha value is -1.85. The van der Waals surface area contributed by atoms with Crippen LogP contribution in [0.4, 0.5) is 17.3 Å². The molecular formula is C11H18N4O2. The Morgan fingerprint density at radius 1 is 1.35 bits per heavy atom. The summed E-state index contributed by atoms with van der Waals surface area (Å²) in [7, 11) is 1.69. The lowest BCUT2D eigenvalue weighted by Gasteiger charge is -2.15. The van der Waals surface area contributed by atoms with E-state index in [0.717, 1.165) is 12.8 Å². The van der Waals surface area contributed by atoms with Gasteiger partial charge in [-0.05, 0) is 12.8 Å². The summed E-state index contributed by atoms with van der Waals surface area (Å²) >= 11 is 0. The first-order chi connectivity index (χ1) is 8.10. The number of aromatic nitrogens is 1. The van der Waals surface area contributed by atoms with Crippen molar-refractivity contribution in [1.82, 2.24) is 4.98 Å². The molecule has 6 heteroatoms. The largest absolute Gasteiger partial charge is 0.373 e. The number of nitro groups is 1. The fraction of sp³-hybridized carbons (Fsp3) is 0.545. The molecule has 6 nitrogen and oxygen atoms in total. The SMILES string of the molecule is CCC(CC)Nc1cc([N+](=O)[O-])cc(NC)n1. The van der Waals surface area contributed by atoms with Crippen molar-refractivity contribution in [1.29, 1.82) is 0 Å². The molecule has 0 bridgehead atoms. The average molecular weight is 238 g/mol. The molecule has 1 aromatic rings. The molecule has 0 unspecified atom stereocenters. The maximum atomic E-state index is 10.8. The average Bonchev–Trinajstić information content (AvgIpc) is 2.35. The Balaban J connectivity index is 2.98. The highest BCUT2D eigenvalue weighted by atomic mass is 16.6. The quantitative estimate of drug-likeness (QED) is 0.588. The van der Waals surface area contributed by atoms with Crippen molar-refractivity contribution in [3.63, 3.8) is 0 Å². The van der Waals surface area contributed by atoms with Gasteiger partial charge in [-0.3, -0.25) is 10.1 Å². The second kappa shape index (κ2) is 6.03. The van der Waals surface area contributed by atoms with Crippen LogP contribution in [0.2, 0.25) is 0 Å². The van der Waals surface area contributed by atoms with Gasteiger partial charge in [0.05, 0.1) is 17.1 Å². The van der Waals surface area contributed by atoms with E-state index in [1.165, 1.54) is 12.1 Å². The van der Waals surface area contributed by atoms with Gasteiger partial charge in [0.25, 0.3) is 5.69 Å². The van der Waals surface area contributed by atoms with E-state index >= 15 is 0 Å². The van der Waals surface area contributed by atoms with Gasteiger partial charge in [-0.15, -0.1) is 0 Å². The van der Waals surface area contributed by atoms with Crippen LogP contribution in [-0.2, 0) is 0 Å². The van der Waals surface area contributed by atoms with Gasteiger partial charge in [0, 0.05) is 13.1 Å². The first-order valence-corrected chi connectivity index (χ1v) is 5.71. The summed E-state index contributed by atoms with van der Waals surface area (Å²) in [5.41, 5.74) is 0.0396. The van der Waals surface area contributed by atoms with E-state index in [9.17, 15) is 10.1 Å². The van der Waals surface area contributed by atoms with E-state index in [0.29, 0.717) is 11.6 Å². The topological polar surface area (TPSA) is 80.1 Å². The summed E-state index contributed by atoms with van der Waals surface area (Å²) in [6.07, 6.45) is 1.91. The van der Waals surface area contributed by atoms with E-state index in [4.69, 9.17) is 0 Å². The monoisotopic (exact) mass is 238 g/mol. The van der Waals surface area contributed by atoms with Gasteiger partial charge in [0.1, 0.15) is 11.6 Å². The Bertz CT molecular complexity index is 391. The summed E-state index contributed by atoms with van der Waals surface area (Å²) < 4.78 is 0. The van der Waals surface area contributed by atoms with Crippen LogP contribution >= 0.6 is 0 Å². The van der Waals surface area contributed by atoms with Crippen LogP contribution in [0.1, 0.15) is 26.7 Å². The maximum absolute atomic E-state index is 10.8. The van der Waals surface area contributed by atoms with Gasteiger partial charge in [-0.25, -0.2) is 4.98 Å². The molecular weight excluding hydrogens is 220 g/mol. The third-order valence-electron chi connectivity index (χ3n) is 2.61. The van der Waals surface area contributed by atoms with Crippen molar-refractivity contribution in [2.45, 2.75) is 32.7 Å². The predicted octanol–water partition coefficient (Wildman–Crippen LogP) is 2.63. The molecule has 17 heavy (non-hydrogen) atoms. The number of hydrogen-bond donors (Lipinski definition) is 2. The Morgan fingerprint density at radius 3 is 2.41 bits per heavy atom. The second-order valence-electron chi connectivity index (χ2n) is 3.76. The third kappa shape index (κ3) is 3.58. The third-order valence-corrected chi connectivity index (χ3v) is 2.61. The lowest BCUT2D eigenvalue weighted by molar-refractivity contribution is -0.384. The smallest absolute Gasteiger partial charge is 0.276 e. The molecule has 0 aliphatic rings. The highest BCUT2D eigenvalue weighted by Crippen LogP contribution is 2.21. The predicted molar refractivity (Wildman–Crippen MR) is 68.4 cm³/mol. The van der Waals surface area contributed by atoms with Crippen LogP contribution < -0.4 is 10.6 Å². The van der Waals surface area contributed by atoms with Gasteiger partial charge in [-0.1, -0.05) is 13.8 Å². The van der Waals surface area contributed by atoms with Crippen LogP contribution in [0.25, 0.3) is 0 Å². The van der Waals surface area contributed by atoms with E-state index < -0.39 is 4.92 Å². The lowest BCUT2D eigenvalue weighted by Crippen LogP contribution is -2.18. The molecule has 0 radical (unpaired) electrons. The van der Waals surface area contributed by atoms with Gasteiger partial charge >= 0.3 is 0 Å². The summed E-state index contributed by atoms with van der Waals surface area (Å²) in [6.45, 7) is 4.13. The Morgan fingerprint density at radius 2 is 1.94 bits per heavy atom. The summed E-state index contributed by atoms with van der Waals surface area (Å²) in [6, 6.07) is 3.16.